The van der Waals surface area contributed by atoms with Crippen LogP contribution in [0.25, 0.3) is 0 Å². The van der Waals surface area contributed by atoms with Gasteiger partial charge in [-0.3, -0.25) is 0 Å². The van der Waals surface area contributed by atoms with E-state index in [0.29, 0.717) is 12.3 Å². The van der Waals surface area contributed by atoms with Gasteiger partial charge in [0.2, 0.25) is 0 Å². The van der Waals surface area contributed by atoms with Gasteiger partial charge in [-0.2, -0.15) is 26.3 Å². The number of halogens is 7. The third-order valence-electron chi connectivity index (χ3n) is 2.57. The Morgan fingerprint density at radius 2 is 1.82 bits per heavy atom. The van der Waals surface area contributed by atoms with Gasteiger partial charge in [0.1, 0.15) is 11.6 Å². The lowest BCUT2D eigenvalue weighted by Crippen LogP contribution is -2.28. The van der Waals surface area contributed by atoms with E-state index in [9.17, 15) is 30.7 Å². The van der Waals surface area contributed by atoms with Gasteiger partial charge in [0.25, 0.3) is 0 Å². The number of alkyl halides is 6. The first kappa shape index (κ1) is 18.0. The van der Waals surface area contributed by atoms with Crippen molar-refractivity contribution < 1.29 is 30.7 Å². The average molecular weight is 328 g/mol. The lowest BCUT2D eigenvalue weighted by Gasteiger charge is -2.21. The first-order chi connectivity index (χ1) is 9.91. The van der Waals surface area contributed by atoms with Crippen LogP contribution in [-0.4, -0.2) is 24.8 Å². The van der Waals surface area contributed by atoms with Gasteiger partial charge >= 0.3 is 12.4 Å². The van der Waals surface area contributed by atoms with Crippen LogP contribution in [0.2, 0.25) is 0 Å². The van der Waals surface area contributed by atoms with E-state index in [1.165, 1.54) is 7.05 Å². The van der Waals surface area contributed by atoms with Gasteiger partial charge in [0.15, 0.2) is 0 Å². The van der Waals surface area contributed by atoms with Crippen LogP contribution in [0, 0.1) is 0 Å². The average Bonchev–Trinajstić information content (AvgIpc) is 2.35. The third-order valence-corrected chi connectivity index (χ3v) is 2.57. The van der Waals surface area contributed by atoms with E-state index in [1.54, 1.807) is 0 Å². The summed E-state index contributed by atoms with van der Waals surface area (Å²) in [6.07, 6.45) is -8.65. The van der Waals surface area contributed by atoms with Gasteiger partial charge in [-0.1, -0.05) is 6.58 Å². The van der Waals surface area contributed by atoms with Crippen LogP contribution in [-0.2, 0) is 6.18 Å². The van der Waals surface area contributed by atoms with Crippen molar-refractivity contribution in [2.45, 2.75) is 12.4 Å². The van der Waals surface area contributed by atoms with Crippen LogP contribution in [0.15, 0.2) is 42.4 Å². The normalized spacial score (nSPS) is 13.2. The zero-order chi connectivity index (χ0) is 17.1. The molecule has 0 aliphatic carbocycles. The molecule has 0 fully saturated rings. The van der Waals surface area contributed by atoms with Crippen LogP contribution in [0.5, 0.6) is 0 Å². The number of aromatic nitrogens is 1. The molecule has 0 N–H and O–H groups in total. The second kappa shape index (κ2) is 6.37. The minimum absolute atomic E-state index is 0.118. The molecule has 0 amide bonds. The van der Waals surface area contributed by atoms with E-state index >= 15 is 0 Å². The number of hydrogen-bond acceptors (Lipinski definition) is 2. The molecule has 0 spiro atoms. The lowest BCUT2D eigenvalue weighted by atomic mass is 10.2. The molecule has 0 atom stereocenters. The minimum atomic E-state index is -4.80. The molecule has 1 heterocycles. The summed E-state index contributed by atoms with van der Waals surface area (Å²) in [6.45, 7) is 1.94. The quantitative estimate of drug-likeness (QED) is 0.597. The highest BCUT2D eigenvalue weighted by atomic mass is 19.4. The monoisotopic (exact) mass is 328 g/mol. The molecule has 0 bridgehead atoms. The number of rotatable bonds is 4. The summed E-state index contributed by atoms with van der Waals surface area (Å²) in [5, 5.41) is 0. The van der Waals surface area contributed by atoms with E-state index in [-0.39, 0.29) is 11.9 Å². The molecular formula is C13H11F7N2. The van der Waals surface area contributed by atoms with E-state index in [1.807, 2.05) is 0 Å². The van der Waals surface area contributed by atoms with Gasteiger partial charge in [-0.25, -0.2) is 9.37 Å². The number of nitrogens with zero attached hydrogens (tertiary/aromatic N) is 2. The molecular weight excluding hydrogens is 317 g/mol. The van der Waals surface area contributed by atoms with Gasteiger partial charge in [-0.05, 0) is 18.2 Å². The molecule has 0 saturated heterocycles. The highest BCUT2D eigenvalue weighted by Gasteiger charge is 2.35. The van der Waals surface area contributed by atoms with Crippen molar-refractivity contribution >= 4 is 5.82 Å². The second-order valence-electron chi connectivity index (χ2n) is 4.37. The number of pyridine rings is 1. The summed E-state index contributed by atoms with van der Waals surface area (Å²) in [4.78, 5) is 4.40. The Kier molecular flexibility index (Phi) is 5.21. The fourth-order valence-corrected chi connectivity index (χ4v) is 1.52. The summed E-state index contributed by atoms with van der Waals surface area (Å²) in [6, 6.07) is 1.63. The summed E-state index contributed by atoms with van der Waals surface area (Å²) in [5.41, 5.74) is -2.25. The van der Waals surface area contributed by atoms with Crippen molar-refractivity contribution in [3.05, 3.63) is 47.9 Å². The van der Waals surface area contributed by atoms with Gasteiger partial charge in [0.05, 0.1) is 11.1 Å². The van der Waals surface area contributed by atoms with Crippen molar-refractivity contribution in [2.24, 2.45) is 0 Å². The minimum Gasteiger partial charge on any atom is -0.355 e. The predicted octanol–water partition coefficient (Wildman–Crippen LogP) is 4.51. The van der Waals surface area contributed by atoms with Crippen molar-refractivity contribution in [1.82, 2.24) is 4.98 Å². The molecule has 0 radical (unpaired) electrons. The Hall–Kier alpha value is -2.06. The van der Waals surface area contributed by atoms with Crippen molar-refractivity contribution in [1.29, 1.82) is 0 Å². The molecule has 1 aromatic rings. The van der Waals surface area contributed by atoms with Crippen molar-refractivity contribution in [2.75, 3.05) is 18.5 Å². The molecule has 22 heavy (non-hydrogen) atoms. The van der Waals surface area contributed by atoms with E-state index in [2.05, 4.69) is 11.6 Å². The SMILES string of the molecule is C=C(F)/C=C(\CN(C)c1ccc(C(F)(F)F)cn1)C(F)(F)F. The largest absolute Gasteiger partial charge is 0.417 e. The number of allylic oxidation sites excluding steroid dienone is 2. The molecule has 122 valence electrons. The fourth-order valence-electron chi connectivity index (χ4n) is 1.52. The summed E-state index contributed by atoms with van der Waals surface area (Å²) in [7, 11) is 1.19. The van der Waals surface area contributed by atoms with E-state index in [4.69, 9.17) is 0 Å². The molecule has 0 aromatic carbocycles. The zero-order valence-corrected chi connectivity index (χ0v) is 11.3. The Morgan fingerprint density at radius 3 is 2.18 bits per heavy atom. The molecule has 1 rings (SSSR count). The van der Waals surface area contributed by atoms with Crippen LogP contribution >= 0.6 is 0 Å². The van der Waals surface area contributed by atoms with Gasteiger partial charge < -0.3 is 4.90 Å². The number of anilines is 1. The van der Waals surface area contributed by atoms with E-state index in [0.717, 1.165) is 11.0 Å². The van der Waals surface area contributed by atoms with E-state index < -0.39 is 35.9 Å². The lowest BCUT2D eigenvalue weighted by molar-refractivity contribution is -0.137. The highest BCUT2D eigenvalue weighted by molar-refractivity contribution is 5.41. The first-order valence-corrected chi connectivity index (χ1v) is 5.78. The molecule has 0 aliphatic heterocycles. The summed E-state index contributed by atoms with van der Waals surface area (Å²) in [5.74, 6) is -1.39. The fraction of sp³-hybridized carbons (Fsp3) is 0.308. The maximum atomic E-state index is 12.7. The van der Waals surface area contributed by atoms with Gasteiger partial charge in [-0.15, -0.1) is 0 Å². The van der Waals surface area contributed by atoms with Crippen molar-refractivity contribution in [3.63, 3.8) is 0 Å². The molecule has 0 saturated carbocycles. The second-order valence-corrected chi connectivity index (χ2v) is 4.37. The Balaban J connectivity index is 2.96. The molecule has 0 unspecified atom stereocenters. The molecule has 2 nitrogen and oxygen atoms in total. The molecule has 0 aliphatic rings. The summed E-state index contributed by atoms with van der Waals surface area (Å²) < 4.78 is 87.8. The van der Waals surface area contributed by atoms with Crippen LogP contribution < -0.4 is 4.90 Å². The third kappa shape index (κ3) is 5.05. The topological polar surface area (TPSA) is 16.1 Å². The van der Waals surface area contributed by atoms with Crippen LogP contribution in [0.3, 0.4) is 0 Å². The first-order valence-electron chi connectivity index (χ1n) is 5.78. The Bertz CT molecular complexity index is 555. The smallest absolute Gasteiger partial charge is 0.355 e. The molecule has 9 heteroatoms. The number of hydrogen-bond donors (Lipinski definition) is 0. The molecule has 1 aromatic heterocycles. The van der Waals surface area contributed by atoms with Crippen LogP contribution in [0.4, 0.5) is 36.6 Å². The summed E-state index contributed by atoms with van der Waals surface area (Å²) >= 11 is 0. The zero-order valence-electron chi connectivity index (χ0n) is 11.3. The maximum Gasteiger partial charge on any atom is 0.417 e. The van der Waals surface area contributed by atoms with Gasteiger partial charge in [0, 0.05) is 19.8 Å². The van der Waals surface area contributed by atoms with Crippen LogP contribution in [0.1, 0.15) is 5.56 Å². The van der Waals surface area contributed by atoms with Crippen molar-refractivity contribution in [3.8, 4) is 0 Å². The Labute approximate surface area is 121 Å². The maximum absolute atomic E-state index is 12.7. The Morgan fingerprint density at radius 1 is 1.23 bits per heavy atom. The standard InChI is InChI=1S/C13H11F7N2/c1-8(14)5-10(13(18,19)20)7-22(2)11-4-3-9(6-21-11)12(15,16)17/h3-6H,1,7H2,2H3/b10-5+. The number of likely N-dealkylation sites (N-methyl/N-ethyl adjacent to an activating group) is 1. The predicted molar refractivity (Wildman–Crippen MR) is 66.9 cm³/mol. The highest BCUT2D eigenvalue weighted by Crippen LogP contribution is 2.30.